The summed E-state index contributed by atoms with van der Waals surface area (Å²) >= 11 is 0. The number of unbranched alkanes of at least 4 members (excludes halogenated alkanes) is 3. The molecule has 0 atom stereocenters. The molecule has 1 saturated heterocycles. The number of benzene rings is 1. The molecule has 3 rings (SSSR count). The van der Waals surface area contributed by atoms with E-state index in [2.05, 4.69) is 25.3 Å². The molecule has 30 heavy (non-hydrogen) atoms. The molecule has 1 amide bonds. The van der Waals surface area contributed by atoms with Crippen molar-refractivity contribution < 1.29 is 15.0 Å². The molecule has 1 aromatic carbocycles. The molecule has 9 heteroatoms. The summed E-state index contributed by atoms with van der Waals surface area (Å²) in [5.41, 5.74) is 8.20. The number of nitrogens with one attached hydrogen (secondary N) is 1. The molecular weight excluding hydrogens is 384 g/mol. The Morgan fingerprint density at radius 2 is 1.80 bits per heavy atom. The van der Waals surface area contributed by atoms with Gasteiger partial charge in [-0.2, -0.15) is 0 Å². The van der Waals surface area contributed by atoms with E-state index in [-0.39, 0.29) is 5.75 Å². The van der Waals surface area contributed by atoms with E-state index in [4.69, 9.17) is 10.8 Å². The highest BCUT2D eigenvalue weighted by Crippen LogP contribution is 2.31. The third kappa shape index (κ3) is 5.96. The highest BCUT2D eigenvalue weighted by molar-refractivity contribution is 5.74. The second-order valence-corrected chi connectivity index (χ2v) is 7.49. The van der Waals surface area contributed by atoms with Gasteiger partial charge in [-0.25, -0.2) is 4.79 Å². The monoisotopic (exact) mass is 414 g/mol. The van der Waals surface area contributed by atoms with Crippen molar-refractivity contribution in [2.75, 3.05) is 49.9 Å². The Bertz CT molecular complexity index is 839. The van der Waals surface area contributed by atoms with Gasteiger partial charge in [0.1, 0.15) is 5.75 Å². The number of phenols is 1. The van der Waals surface area contributed by atoms with Crippen molar-refractivity contribution in [3.63, 3.8) is 0 Å². The van der Waals surface area contributed by atoms with Crippen LogP contribution in [0.5, 0.6) is 5.75 Å². The van der Waals surface area contributed by atoms with E-state index in [0.29, 0.717) is 23.6 Å². The van der Waals surface area contributed by atoms with Crippen LogP contribution in [0.15, 0.2) is 30.3 Å². The number of phenolic OH excluding ortho intramolecular Hbond substituents is 1. The summed E-state index contributed by atoms with van der Waals surface area (Å²) in [6.45, 7) is 5.20. The average molecular weight is 415 g/mol. The van der Waals surface area contributed by atoms with Crippen LogP contribution >= 0.6 is 0 Å². The van der Waals surface area contributed by atoms with E-state index in [1.807, 2.05) is 18.2 Å². The molecule has 9 nitrogen and oxygen atoms in total. The van der Waals surface area contributed by atoms with Gasteiger partial charge < -0.3 is 26.2 Å². The van der Waals surface area contributed by atoms with Gasteiger partial charge in [0.2, 0.25) is 0 Å². The lowest BCUT2D eigenvalue weighted by atomic mass is 10.1. The van der Waals surface area contributed by atoms with Gasteiger partial charge in [-0.15, -0.1) is 10.2 Å². The van der Waals surface area contributed by atoms with Gasteiger partial charge in [0.25, 0.3) is 0 Å². The first-order valence-electron chi connectivity index (χ1n) is 10.4. The standard InChI is InChI=1S/C21H30N6O3/c22-20-18(15-17(24-25-20)16-7-3-4-8-19(16)28)27-13-11-26(12-14-27)10-6-2-1-5-9-23-21(29)30/h3-4,7-8,15,23,28H,1-2,5-6,9-14H2,(H2,22,25)(H,29,30). The normalized spacial score (nSPS) is 14.6. The third-order valence-electron chi connectivity index (χ3n) is 5.37. The summed E-state index contributed by atoms with van der Waals surface area (Å²) in [5, 5.41) is 29.3. The maximum atomic E-state index is 10.4. The minimum atomic E-state index is -0.953. The second-order valence-electron chi connectivity index (χ2n) is 7.49. The van der Waals surface area contributed by atoms with E-state index >= 15 is 0 Å². The molecule has 162 valence electrons. The predicted octanol–water partition coefficient (Wildman–Crippen LogP) is 2.38. The van der Waals surface area contributed by atoms with Gasteiger partial charge in [-0.3, -0.25) is 4.90 Å². The number of carbonyl (C=O) groups is 1. The van der Waals surface area contributed by atoms with Crippen molar-refractivity contribution in [3.05, 3.63) is 30.3 Å². The van der Waals surface area contributed by atoms with Crippen molar-refractivity contribution in [2.24, 2.45) is 0 Å². The van der Waals surface area contributed by atoms with Crippen LogP contribution in [0.25, 0.3) is 11.3 Å². The van der Waals surface area contributed by atoms with Gasteiger partial charge in [0.15, 0.2) is 5.82 Å². The van der Waals surface area contributed by atoms with E-state index in [9.17, 15) is 9.90 Å². The summed E-state index contributed by atoms with van der Waals surface area (Å²) in [4.78, 5) is 15.1. The molecule has 0 spiro atoms. The quantitative estimate of drug-likeness (QED) is 0.461. The second kappa shape index (κ2) is 10.6. The van der Waals surface area contributed by atoms with Crippen molar-refractivity contribution in [3.8, 4) is 17.0 Å². The van der Waals surface area contributed by atoms with Crippen molar-refractivity contribution >= 4 is 17.6 Å². The zero-order valence-corrected chi connectivity index (χ0v) is 17.1. The molecule has 1 aromatic heterocycles. The minimum absolute atomic E-state index is 0.172. The SMILES string of the molecule is Nc1nnc(-c2ccccc2O)cc1N1CCN(CCCCCCNC(=O)O)CC1. The van der Waals surface area contributed by atoms with Gasteiger partial charge in [-0.1, -0.05) is 25.0 Å². The van der Waals surface area contributed by atoms with Crippen molar-refractivity contribution in [1.82, 2.24) is 20.4 Å². The summed E-state index contributed by atoms with van der Waals surface area (Å²) in [6, 6.07) is 8.98. The molecule has 5 N–H and O–H groups in total. The number of rotatable bonds is 9. The number of piperazine rings is 1. The maximum absolute atomic E-state index is 10.4. The molecule has 1 aliphatic heterocycles. The fourth-order valence-electron chi connectivity index (χ4n) is 3.69. The molecule has 0 saturated carbocycles. The number of aromatic nitrogens is 2. The molecule has 0 radical (unpaired) electrons. The topological polar surface area (TPSA) is 128 Å². The number of nitrogens with two attached hydrogens (primary N) is 1. The first-order valence-corrected chi connectivity index (χ1v) is 10.4. The molecule has 1 fully saturated rings. The van der Waals surface area contributed by atoms with Crippen LogP contribution in [0.1, 0.15) is 25.7 Å². The van der Waals surface area contributed by atoms with Crippen LogP contribution in [-0.4, -0.2) is 70.7 Å². The number of nitrogen functional groups attached to an aromatic ring is 1. The van der Waals surface area contributed by atoms with Crippen LogP contribution in [0.3, 0.4) is 0 Å². The molecular formula is C21H30N6O3. The first-order chi connectivity index (χ1) is 14.5. The lowest BCUT2D eigenvalue weighted by Gasteiger charge is -2.36. The Morgan fingerprint density at radius 1 is 1.07 bits per heavy atom. The number of carboxylic acid groups (broad SMARTS) is 1. The maximum Gasteiger partial charge on any atom is 0.404 e. The van der Waals surface area contributed by atoms with E-state index in [0.717, 1.165) is 64.1 Å². The predicted molar refractivity (Wildman–Crippen MR) is 117 cm³/mol. The van der Waals surface area contributed by atoms with Crippen LogP contribution < -0.4 is 16.0 Å². The summed E-state index contributed by atoms with van der Waals surface area (Å²) in [6.07, 6.45) is 3.18. The first kappa shape index (κ1) is 21.6. The van der Waals surface area contributed by atoms with E-state index in [1.165, 1.54) is 0 Å². The fraction of sp³-hybridized carbons (Fsp3) is 0.476. The lowest BCUT2D eigenvalue weighted by molar-refractivity contribution is 0.194. The van der Waals surface area contributed by atoms with Gasteiger partial charge in [0, 0.05) is 38.3 Å². The number of nitrogens with zero attached hydrogens (tertiary/aromatic N) is 4. The van der Waals surface area contributed by atoms with E-state index < -0.39 is 6.09 Å². The molecule has 0 bridgehead atoms. The highest BCUT2D eigenvalue weighted by Gasteiger charge is 2.20. The zero-order chi connectivity index (χ0) is 21.3. The smallest absolute Gasteiger partial charge is 0.404 e. The Kier molecular flexibility index (Phi) is 7.67. The Morgan fingerprint density at radius 3 is 2.53 bits per heavy atom. The lowest BCUT2D eigenvalue weighted by Crippen LogP contribution is -2.46. The third-order valence-corrected chi connectivity index (χ3v) is 5.37. The number of hydrogen-bond donors (Lipinski definition) is 4. The number of hydrogen-bond acceptors (Lipinski definition) is 7. The highest BCUT2D eigenvalue weighted by atomic mass is 16.4. The van der Waals surface area contributed by atoms with Crippen LogP contribution in [-0.2, 0) is 0 Å². The van der Waals surface area contributed by atoms with Crippen molar-refractivity contribution in [1.29, 1.82) is 0 Å². The molecule has 2 heterocycles. The summed E-state index contributed by atoms with van der Waals surface area (Å²) in [5.74, 6) is 0.573. The largest absolute Gasteiger partial charge is 0.507 e. The molecule has 1 aliphatic rings. The average Bonchev–Trinajstić information content (AvgIpc) is 2.74. The number of amides is 1. The van der Waals surface area contributed by atoms with Gasteiger partial charge in [0.05, 0.1) is 11.4 Å². The van der Waals surface area contributed by atoms with Crippen molar-refractivity contribution in [2.45, 2.75) is 25.7 Å². The summed E-state index contributed by atoms with van der Waals surface area (Å²) < 4.78 is 0. The van der Waals surface area contributed by atoms with Gasteiger partial charge in [-0.05, 0) is 37.6 Å². The Hall–Kier alpha value is -3.07. The summed E-state index contributed by atoms with van der Waals surface area (Å²) in [7, 11) is 0. The molecule has 0 unspecified atom stereocenters. The fourth-order valence-corrected chi connectivity index (χ4v) is 3.69. The number of aromatic hydroxyl groups is 1. The Balaban J connectivity index is 1.46. The van der Waals surface area contributed by atoms with Crippen LogP contribution in [0.4, 0.5) is 16.3 Å². The van der Waals surface area contributed by atoms with Crippen LogP contribution in [0, 0.1) is 0 Å². The zero-order valence-electron chi connectivity index (χ0n) is 17.1. The molecule has 2 aromatic rings. The number of anilines is 2. The Labute approximate surface area is 176 Å². The van der Waals surface area contributed by atoms with Crippen LogP contribution in [0.2, 0.25) is 0 Å². The molecule has 0 aliphatic carbocycles. The van der Waals surface area contributed by atoms with E-state index in [1.54, 1.807) is 12.1 Å². The minimum Gasteiger partial charge on any atom is -0.507 e. The van der Waals surface area contributed by atoms with Gasteiger partial charge >= 0.3 is 6.09 Å². The number of para-hydroxylation sites is 1.